The normalized spacial score (nSPS) is 11.8. The van der Waals surface area contributed by atoms with E-state index in [1.54, 1.807) is 43.5 Å². The molecule has 0 aliphatic rings. The van der Waals surface area contributed by atoms with Gasteiger partial charge >= 0.3 is 0 Å². The Kier molecular flexibility index (Phi) is 5.04. The van der Waals surface area contributed by atoms with E-state index in [1.165, 1.54) is 0 Å². The number of anilines is 1. The zero-order valence-electron chi connectivity index (χ0n) is 11.6. The molecule has 1 aromatic carbocycles. The fourth-order valence-electron chi connectivity index (χ4n) is 1.66. The minimum Gasteiger partial charge on any atom is -0.481 e. The third kappa shape index (κ3) is 4.09. The number of carbonyl (C=O) groups is 1. The molecule has 0 spiro atoms. The van der Waals surface area contributed by atoms with E-state index in [2.05, 4.69) is 10.3 Å². The Labute approximate surface area is 133 Å². The number of carbonyl (C=O) groups excluding carboxylic acids is 1. The number of amides is 1. The molecule has 110 valence electrons. The molecule has 2 rings (SSSR count). The summed E-state index contributed by atoms with van der Waals surface area (Å²) >= 11 is 11.8. The van der Waals surface area contributed by atoms with Crippen LogP contribution in [0.2, 0.25) is 10.2 Å². The zero-order chi connectivity index (χ0) is 15.4. The van der Waals surface area contributed by atoms with Crippen LogP contribution in [0.1, 0.15) is 12.5 Å². The summed E-state index contributed by atoms with van der Waals surface area (Å²) in [5, 5.41) is 3.56. The number of benzene rings is 1. The van der Waals surface area contributed by atoms with E-state index in [-0.39, 0.29) is 11.1 Å². The van der Waals surface area contributed by atoms with Gasteiger partial charge in [0.1, 0.15) is 5.75 Å². The molecule has 1 heterocycles. The van der Waals surface area contributed by atoms with Gasteiger partial charge in [-0.2, -0.15) is 0 Å². The van der Waals surface area contributed by atoms with Crippen molar-refractivity contribution in [1.29, 1.82) is 0 Å². The summed E-state index contributed by atoms with van der Waals surface area (Å²) in [5.74, 6) is 0.273. The van der Waals surface area contributed by atoms with Crippen molar-refractivity contribution in [1.82, 2.24) is 4.98 Å². The van der Waals surface area contributed by atoms with E-state index >= 15 is 0 Å². The van der Waals surface area contributed by atoms with Crippen molar-refractivity contribution in [2.45, 2.75) is 20.0 Å². The fourth-order valence-corrected chi connectivity index (χ4v) is 1.95. The molecular formula is C15H14Cl2N2O2. The lowest BCUT2D eigenvalue weighted by molar-refractivity contribution is -0.122. The first kappa shape index (κ1) is 15.6. The van der Waals surface area contributed by atoms with Crippen LogP contribution in [-0.2, 0) is 4.79 Å². The quantitative estimate of drug-likeness (QED) is 0.861. The van der Waals surface area contributed by atoms with Crippen molar-refractivity contribution >= 4 is 34.8 Å². The summed E-state index contributed by atoms with van der Waals surface area (Å²) in [6.45, 7) is 3.53. The van der Waals surface area contributed by atoms with Gasteiger partial charge in [0.15, 0.2) is 11.3 Å². The molecule has 0 unspecified atom stereocenters. The number of pyridine rings is 1. The molecule has 1 atom stereocenters. The van der Waals surface area contributed by atoms with Gasteiger partial charge in [0.25, 0.3) is 5.91 Å². The number of ether oxygens (including phenoxy) is 1. The predicted octanol–water partition coefficient (Wildman–Crippen LogP) is 4.10. The number of aryl methyl sites for hydroxylation is 1. The first-order chi connectivity index (χ1) is 9.97. The second kappa shape index (κ2) is 6.78. The summed E-state index contributed by atoms with van der Waals surface area (Å²) in [6, 6.07) is 8.59. The van der Waals surface area contributed by atoms with Gasteiger partial charge in [0.05, 0.1) is 5.69 Å². The maximum Gasteiger partial charge on any atom is 0.265 e. The van der Waals surface area contributed by atoms with Gasteiger partial charge in [-0.25, -0.2) is 4.98 Å². The predicted molar refractivity (Wildman–Crippen MR) is 84.2 cm³/mol. The van der Waals surface area contributed by atoms with E-state index in [9.17, 15) is 4.79 Å². The highest BCUT2D eigenvalue weighted by atomic mass is 35.5. The number of nitrogens with zero attached hydrogens (tertiary/aromatic N) is 1. The number of aromatic nitrogens is 1. The average Bonchev–Trinajstić information content (AvgIpc) is 2.45. The molecule has 1 N–H and O–H groups in total. The summed E-state index contributed by atoms with van der Waals surface area (Å²) in [5.41, 5.74) is 1.34. The standard InChI is InChI=1S/C15H14Cl2N2O2/c1-9-8-11(5-6-12(9)16)21-10(2)15(20)19-13-4-3-7-18-14(13)17/h3-8,10H,1-2H3,(H,19,20)/t10-/m0/s1. The lowest BCUT2D eigenvalue weighted by atomic mass is 10.2. The monoisotopic (exact) mass is 324 g/mol. The highest BCUT2D eigenvalue weighted by molar-refractivity contribution is 6.32. The van der Waals surface area contributed by atoms with E-state index in [0.29, 0.717) is 16.5 Å². The number of halogens is 2. The lowest BCUT2D eigenvalue weighted by Crippen LogP contribution is -2.30. The topological polar surface area (TPSA) is 51.2 Å². The number of rotatable bonds is 4. The molecule has 0 fully saturated rings. The van der Waals surface area contributed by atoms with Gasteiger partial charge < -0.3 is 10.1 Å². The Balaban J connectivity index is 2.02. The van der Waals surface area contributed by atoms with Crippen LogP contribution in [0, 0.1) is 6.92 Å². The third-order valence-electron chi connectivity index (χ3n) is 2.83. The number of hydrogen-bond acceptors (Lipinski definition) is 3. The van der Waals surface area contributed by atoms with Crippen LogP contribution in [0.3, 0.4) is 0 Å². The van der Waals surface area contributed by atoms with E-state index in [4.69, 9.17) is 27.9 Å². The molecule has 0 aliphatic carbocycles. The van der Waals surface area contributed by atoms with Gasteiger partial charge in [-0.3, -0.25) is 4.79 Å². The molecule has 0 saturated heterocycles. The van der Waals surface area contributed by atoms with Crippen molar-refractivity contribution in [3.63, 3.8) is 0 Å². The summed E-state index contributed by atoms with van der Waals surface area (Å²) < 4.78 is 5.59. The largest absolute Gasteiger partial charge is 0.481 e. The smallest absolute Gasteiger partial charge is 0.265 e. The van der Waals surface area contributed by atoms with Crippen LogP contribution >= 0.6 is 23.2 Å². The maximum absolute atomic E-state index is 12.1. The van der Waals surface area contributed by atoms with E-state index in [1.807, 2.05) is 6.92 Å². The number of nitrogens with one attached hydrogen (secondary N) is 1. The highest BCUT2D eigenvalue weighted by Crippen LogP contribution is 2.22. The maximum atomic E-state index is 12.1. The molecule has 1 amide bonds. The van der Waals surface area contributed by atoms with Gasteiger partial charge in [-0.1, -0.05) is 23.2 Å². The van der Waals surface area contributed by atoms with E-state index in [0.717, 1.165) is 5.56 Å². The second-order valence-corrected chi connectivity index (χ2v) is 5.27. The molecule has 6 heteroatoms. The fraction of sp³-hybridized carbons (Fsp3) is 0.200. The van der Waals surface area contributed by atoms with Crippen LogP contribution in [0.25, 0.3) is 0 Å². The first-order valence-electron chi connectivity index (χ1n) is 6.31. The van der Waals surface area contributed by atoms with Crippen LogP contribution in [0.4, 0.5) is 5.69 Å². The summed E-state index contributed by atoms with van der Waals surface area (Å²) in [6.07, 6.45) is 0.871. The van der Waals surface area contributed by atoms with Crippen LogP contribution < -0.4 is 10.1 Å². The third-order valence-corrected chi connectivity index (χ3v) is 3.55. The molecule has 2 aromatic rings. The minimum atomic E-state index is -0.679. The zero-order valence-corrected chi connectivity index (χ0v) is 13.1. The van der Waals surface area contributed by atoms with Crippen molar-refractivity contribution in [3.8, 4) is 5.75 Å². The summed E-state index contributed by atoms with van der Waals surface area (Å²) in [4.78, 5) is 16.0. The van der Waals surface area contributed by atoms with Gasteiger partial charge in [0, 0.05) is 11.2 Å². The van der Waals surface area contributed by atoms with Gasteiger partial charge in [-0.15, -0.1) is 0 Å². The molecule has 1 aromatic heterocycles. The molecular weight excluding hydrogens is 311 g/mol. The minimum absolute atomic E-state index is 0.236. The Hall–Kier alpha value is -1.78. The molecule has 4 nitrogen and oxygen atoms in total. The Bertz CT molecular complexity index is 662. The van der Waals surface area contributed by atoms with E-state index < -0.39 is 6.10 Å². The van der Waals surface area contributed by atoms with Crippen molar-refractivity contribution in [2.24, 2.45) is 0 Å². The lowest BCUT2D eigenvalue weighted by Gasteiger charge is -2.15. The SMILES string of the molecule is Cc1cc(O[C@@H](C)C(=O)Nc2cccnc2Cl)ccc1Cl. The molecule has 0 saturated carbocycles. The number of hydrogen-bond donors (Lipinski definition) is 1. The summed E-state index contributed by atoms with van der Waals surface area (Å²) in [7, 11) is 0. The van der Waals surface area contributed by atoms with Gasteiger partial charge in [0.2, 0.25) is 0 Å². The van der Waals surface area contributed by atoms with Crippen molar-refractivity contribution in [3.05, 3.63) is 52.3 Å². The first-order valence-corrected chi connectivity index (χ1v) is 7.07. The molecule has 0 aliphatic heterocycles. The van der Waals surface area contributed by atoms with Crippen molar-refractivity contribution in [2.75, 3.05) is 5.32 Å². The molecule has 21 heavy (non-hydrogen) atoms. The van der Waals surface area contributed by atoms with Gasteiger partial charge in [-0.05, 0) is 49.7 Å². The second-order valence-electron chi connectivity index (χ2n) is 4.50. The van der Waals surface area contributed by atoms with Crippen LogP contribution in [0.15, 0.2) is 36.5 Å². The Morgan fingerprint density at radius 2 is 2.10 bits per heavy atom. The molecule has 0 bridgehead atoms. The van der Waals surface area contributed by atoms with Crippen LogP contribution in [0.5, 0.6) is 5.75 Å². The van der Waals surface area contributed by atoms with Crippen LogP contribution in [-0.4, -0.2) is 17.0 Å². The molecule has 0 radical (unpaired) electrons. The highest BCUT2D eigenvalue weighted by Gasteiger charge is 2.16. The Morgan fingerprint density at radius 1 is 1.33 bits per heavy atom. The van der Waals surface area contributed by atoms with Crippen molar-refractivity contribution < 1.29 is 9.53 Å². The Morgan fingerprint density at radius 3 is 2.76 bits per heavy atom. The average molecular weight is 325 g/mol.